The van der Waals surface area contributed by atoms with Gasteiger partial charge in [-0.25, -0.2) is 19.4 Å². The van der Waals surface area contributed by atoms with Crippen LogP contribution in [0.5, 0.6) is 11.6 Å². The second-order valence-corrected chi connectivity index (χ2v) is 8.27. The Labute approximate surface area is 198 Å². The third-order valence-corrected chi connectivity index (χ3v) is 6.25. The van der Waals surface area contributed by atoms with Gasteiger partial charge in [-0.15, -0.1) is 0 Å². The fourth-order valence-electron chi connectivity index (χ4n) is 4.64. The molecule has 2 aliphatic heterocycles. The highest BCUT2D eigenvalue weighted by atomic mass is 16.5. The van der Waals surface area contributed by atoms with Crippen molar-refractivity contribution in [2.75, 3.05) is 11.4 Å². The maximum atomic E-state index is 12.6. The minimum Gasteiger partial charge on any atom is -0.439 e. The number of nitrogens with one attached hydrogen (secondary N) is 2. The van der Waals surface area contributed by atoms with Gasteiger partial charge in [0.15, 0.2) is 11.4 Å². The fourth-order valence-corrected chi connectivity index (χ4v) is 4.64. The van der Waals surface area contributed by atoms with Crippen LogP contribution >= 0.6 is 0 Å². The van der Waals surface area contributed by atoms with Crippen LogP contribution in [0.3, 0.4) is 0 Å². The maximum Gasteiger partial charge on any atom is 0.328 e. The van der Waals surface area contributed by atoms with E-state index in [-0.39, 0.29) is 0 Å². The zero-order valence-electron chi connectivity index (χ0n) is 18.3. The summed E-state index contributed by atoms with van der Waals surface area (Å²) in [5.74, 6) is 0.414. The van der Waals surface area contributed by atoms with Crippen LogP contribution in [0.1, 0.15) is 12.8 Å². The number of carbonyl (C=O) groups is 3. The van der Waals surface area contributed by atoms with Gasteiger partial charge in [0, 0.05) is 24.2 Å². The van der Waals surface area contributed by atoms with E-state index in [0.29, 0.717) is 36.7 Å². The van der Waals surface area contributed by atoms with E-state index < -0.39 is 23.4 Å². The molecule has 1 aromatic carbocycles. The van der Waals surface area contributed by atoms with E-state index in [1.54, 1.807) is 40.3 Å². The number of hydrogen-bond acceptors (Lipinski definition) is 8. The number of ether oxygens (including phenoxy) is 1. The van der Waals surface area contributed by atoms with Gasteiger partial charge < -0.3 is 9.64 Å². The van der Waals surface area contributed by atoms with Crippen LogP contribution in [0.4, 0.5) is 10.5 Å². The lowest BCUT2D eigenvalue weighted by Crippen LogP contribution is -2.71. The molecule has 6 rings (SSSR count). The van der Waals surface area contributed by atoms with Crippen LogP contribution in [-0.2, 0) is 9.59 Å². The summed E-state index contributed by atoms with van der Waals surface area (Å²) in [5.41, 5.74) is 0.0133. The Balaban J connectivity index is 1.23. The molecule has 2 fully saturated rings. The van der Waals surface area contributed by atoms with Gasteiger partial charge in [0.25, 0.3) is 11.8 Å². The minimum atomic E-state index is -1.46. The van der Waals surface area contributed by atoms with E-state index in [2.05, 4.69) is 25.7 Å². The highest BCUT2D eigenvalue weighted by Gasteiger charge is 2.57. The topological polar surface area (TPSA) is 131 Å². The summed E-state index contributed by atoms with van der Waals surface area (Å²) in [4.78, 5) is 47.2. The van der Waals surface area contributed by atoms with Gasteiger partial charge in [-0.3, -0.25) is 20.2 Å². The molecule has 4 amide bonds. The van der Waals surface area contributed by atoms with Crippen LogP contribution in [0.25, 0.3) is 16.7 Å². The van der Waals surface area contributed by atoms with Gasteiger partial charge in [0.2, 0.25) is 5.88 Å². The van der Waals surface area contributed by atoms with E-state index in [9.17, 15) is 14.4 Å². The predicted octanol–water partition coefficient (Wildman–Crippen LogP) is 2.31. The molecule has 11 nitrogen and oxygen atoms in total. The Morgan fingerprint density at radius 1 is 0.943 bits per heavy atom. The van der Waals surface area contributed by atoms with Gasteiger partial charge in [0.1, 0.15) is 5.75 Å². The van der Waals surface area contributed by atoms with Crippen molar-refractivity contribution in [3.05, 3.63) is 67.1 Å². The minimum absolute atomic E-state index is 0.308. The Morgan fingerprint density at radius 3 is 2.54 bits per heavy atom. The SMILES string of the molecule is O=C1NC(=O)C2(CCCN2c2ccc(Oc3ccc4c(cnn4-c4ccccn4)c3)nc2)C(=O)N1. The largest absolute Gasteiger partial charge is 0.439 e. The number of imide groups is 2. The Hall–Kier alpha value is -4.80. The molecule has 2 N–H and O–H groups in total. The highest BCUT2D eigenvalue weighted by Crippen LogP contribution is 2.36. The maximum absolute atomic E-state index is 12.6. The van der Waals surface area contributed by atoms with E-state index >= 15 is 0 Å². The smallest absolute Gasteiger partial charge is 0.328 e. The summed E-state index contributed by atoms with van der Waals surface area (Å²) in [6, 6.07) is 13.8. The zero-order valence-corrected chi connectivity index (χ0v) is 18.3. The molecule has 5 heterocycles. The predicted molar refractivity (Wildman–Crippen MR) is 124 cm³/mol. The van der Waals surface area contributed by atoms with Crippen LogP contribution in [0.15, 0.2) is 67.1 Å². The molecule has 0 aliphatic carbocycles. The van der Waals surface area contributed by atoms with Gasteiger partial charge in [0.05, 0.1) is 23.6 Å². The molecule has 174 valence electrons. The third-order valence-electron chi connectivity index (χ3n) is 6.25. The number of amides is 4. The Kier molecular flexibility index (Phi) is 4.69. The summed E-state index contributed by atoms with van der Waals surface area (Å²) >= 11 is 0. The van der Waals surface area contributed by atoms with Crippen LogP contribution in [-0.4, -0.2) is 49.7 Å². The first-order valence-corrected chi connectivity index (χ1v) is 11.0. The van der Waals surface area contributed by atoms with Crippen molar-refractivity contribution in [2.24, 2.45) is 0 Å². The lowest BCUT2D eigenvalue weighted by atomic mass is 9.92. The van der Waals surface area contributed by atoms with Crippen molar-refractivity contribution in [1.82, 2.24) is 30.4 Å². The molecule has 11 heteroatoms. The number of pyridine rings is 2. The molecule has 0 atom stereocenters. The number of benzene rings is 1. The number of hydrogen-bond donors (Lipinski definition) is 2. The number of anilines is 1. The monoisotopic (exact) mass is 469 g/mol. The van der Waals surface area contributed by atoms with Gasteiger partial charge >= 0.3 is 6.03 Å². The first kappa shape index (κ1) is 20.8. The van der Waals surface area contributed by atoms with Gasteiger partial charge in [-0.1, -0.05) is 6.07 Å². The molecular formula is C24H19N7O4. The number of nitrogens with zero attached hydrogens (tertiary/aromatic N) is 5. The first-order chi connectivity index (χ1) is 17.0. The van der Waals surface area contributed by atoms with Crippen molar-refractivity contribution in [3.63, 3.8) is 0 Å². The quantitative estimate of drug-likeness (QED) is 0.436. The zero-order chi connectivity index (χ0) is 24.0. The van der Waals surface area contributed by atoms with Gasteiger partial charge in [-0.05, 0) is 49.2 Å². The van der Waals surface area contributed by atoms with Crippen LogP contribution in [0, 0.1) is 0 Å². The number of carbonyl (C=O) groups excluding carboxylic acids is 3. The number of urea groups is 1. The third kappa shape index (κ3) is 3.36. The molecule has 0 bridgehead atoms. The summed E-state index contributed by atoms with van der Waals surface area (Å²) in [6.07, 6.45) is 5.94. The summed E-state index contributed by atoms with van der Waals surface area (Å²) in [7, 11) is 0. The van der Waals surface area contributed by atoms with E-state index in [4.69, 9.17) is 4.74 Å². The number of aromatic nitrogens is 4. The second-order valence-electron chi connectivity index (χ2n) is 8.27. The number of rotatable bonds is 4. The molecule has 3 aromatic heterocycles. The van der Waals surface area contributed by atoms with Gasteiger partial charge in [-0.2, -0.15) is 5.10 Å². The average molecular weight is 469 g/mol. The summed E-state index contributed by atoms with van der Waals surface area (Å²) in [5, 5.41) is 9.71. The van der Waals surface area contributed by atoms with Crippen molar-refractivity contribution in [3.8, 4) is 17.4 Å². The average Bonchev–Trinajstić information content (AvgIpc) is 3.49. The Bertz CT molecular complexity index is 1450. The lowest BCUT2D eigenvalue weighted by molar-refractivity contribution is -0.137. The van der Waals surface area contributed by atoms with Crippen molar-refractivity contribution in [2.45, 2.75) is 18.4 Å². The van der Waals surface area contributed by atoms with Crippen molar-refractivity contribution in [1.29, 1.82) is 0 Å². The summed E-state index contributed by atoms with van der Waals surface area (Å²) < 4.78 is 7.68. The Morgan fingerprint density at radius 2 is 1.80 bits per heavy atom. The van der Waals surface area contributed by atoms with E-state index in [0.717, 1.165) is 16.7 Å². The van der Waals surface area contributed by atoms with E-state index in [1.165, 1.54) is 0 Å². The molecule has 0 radical (unpaired) electrons. The molecule has 2 aliphatic rings. The number of barbiturate groups is 1. The standard InChI is InChI=1S/C24H19N7O4/c32-21-24(22(33)29-23(34)28-21)9-3-11-30(24)16-5-8-20(26-14-16)35-17-6-7-18-15(12-17)13-27-31(18)19-4-1-2-10-25-19/h1-2,4-8,10,12-14H,3,9,11H2,(H2,28,29,32,33,34). The van der Waals surface area contributed by atoms with Crippen LogP contribution < -0.4 is 20.3 Å². The van der Waals surface area contributed by atoms with Crippen molar-refractivity contribution < 1.29 is 19.1 Å². The normalized spacial score (nSPS) is 17.0. The molecule has 0 saturated carbocycles. The van der Waals surface area contributed by atoms with E-state index in [1.807, 2.05) is 36.4 Å². The van der Waals surface area contributed by atoms with Crippen LogP contribution in [0.2, 0.25) is 0 Å². The molecule has 2 saturated heterocycles. The first-order valence-electron chi connectivity index (χ1n) is 11.0. The molecule has 1 spiro atoms. The van der Waals surface area contributed by atoms with Crippen molar-refractivity contribution >= 4 is 34.4 Å². The highest BCUT2D eigenvalue weighted by molar-refractivity contribution is 6.24. The number of fused-ring (bicyclic) bond motifs is 1. The summed E-state index contributed by atoms with van der Waals surface area (Å²) in [6.45, 7) is 0.480. The molecule has 0 unspecified atom stereocenters. The lowest BCUT2D eigenvalue weighted by Gasteiger charge is -2.38. The molecular weight excluding hydrogens is 450 g/mol. The fraction of sp³-hybridized carbons (Fsp3) is 0.167. The molecule has 35 heavy (non-hydrogen) atoms. The molecule has 4 aromatic rings. The second kappa shape index (κ2) is 7.90.